The highest BCUT2D eigenvalue weighted by atomic mass is 32.2. The Morgan fingerprint density at radius 1 is 1.31 bits per heavy atom. The lowest BCUT2D eigenvalue weighted by Gasteiger charge is -2.27. The SMILES string of the molecule is CCCCN1CCn2nc(CNC(=O)CSc3ccccc3C)cc2C1. The Kier molecular flexibility index (Phi) is 6.74. The van der Waals surface area contributed by atoms with Crippen molar-refractivity contribution in [2.24, 2.45) is 0 Å². The van der Waals surface area contributed by atoms with Crippen LogP contribution in [0.1, 0.15) is 36.7 Å². The second-order valence-electron chi connectivity index (χ2n) is 6.81. The molecular weight excluding hydrogens is 344 g/mol. The molecule has 3 rings (SSSR count). The Labute approximate surface area is 160 Å². The van der Waals surface area contributed by atoms with E-state index < -0.39 is 0 Å². The number of fused-ring (bicyclic) bond motifs is 1. The molecule has 1 aromatic carbocycles. The van der Waals surface area contributed by atoms with E-state index in [2.05, 4.69) is 52.0 Å². The molecule has 0 bridgehead atoms. The number of hydrogen-bond acceptors (Lipinski definition) is 4. The van der Waals surface area contributed by atoms with Gasteiger partial charge in [-0.15, -0.1) is 11.8 Å². The molecule has 0 fully saturated rings. The third-order valence-electron chi connectivity index (χ3n) is 4.67. The maximum absolute atomic E-state index is 12.1. The number of rotatable bonds is 8. The van der Waals surface area contributed by atoms with Gasteiger partial charge in [0, 0.05) is 18.0 Å². The van der Waals surface area contributed by atoms with Crippen LogP contribution >= 0.6 is 11.8 Å². The third-order valence-corrected chi connectivity index (χ3v) is 5.85. The number of amides is 1. The number of hydrogen-bond donors (Lipinski definition) is 1. The lowest BCUT2D eigenvalue weighted by molar-refractivity contribution is -0.118. The van der Waals surface area contributed by atoms with E-state index in [1.165, 1.54) is 24.1 Å². The summed E-state index contributed by atoms with van der Waals surface area (Å²) in [6.45, 7) is 8.92. The Hall–Kier alpha value is -1.79. The molecule has 1 amide bonds. The van der Waals surface area contributed by atoms with Crippen molar-refractivity contribution in [2.45, 2.75) is 51.2 Å². The molecule has 6 heteroatoms. The van der Waals surface area contributed by atoms with Crippen LogP contribution < -0.4 is 5.32 Å². The van der Waals surface area contributed by atoms with E-state index in [4.69, 9.17) is 0 Å². The van der Waals surface area contributed by atoms with Crippen LogP contribution in [0.3, 0.4) is 0 Å². The van der Waals surface area contributed by atoms with Gasteiger partial charge in [0.2, 0.25) is 5.91 Å². The van der Waals surface area contributed by atoms with Gasteiger partial charge in [-0.3, -0.25) is 14.4 Å². The zero-order valence-electron chi connectivity index (χ0n) is 15.7. The van der Waals surface area contributed by atoms with Crippen molar-refractivity contribution in [3.8, 4) is 0 Å². The first kappa shape index (κ1) is 19.0. The van der Waals surface area contributed by atoms with Gasteiger partial charge in [-0.05, 0) is 37.6 Å². The number of carbonyl (C=O) groups is 1. The summed E-state index contributed by atoms with van der Waals surface area (Å²) >= 11 is 1.58. The predicted molar refractivity (Wildman–Crippen MR) is 106 cm³/mol. The number of unbranched alkanes of at least 4 members (excludes halogenated alkanes) is 1. The summed E-state index contributed by atoms with van der Waals surface area (Å²) in [5, 5.41) is 7.63. The van der Waals surface area contributed by atoms with Crippen LogP contribution in [-0.2, 0) is 24.4 Å². The van der Waals surface area contributed by atoms with Crippen LogP contribution in [-0.4, -0.2) is 39.4 Å². The van der Waals surface area contributed by atoms with Crippen molar-refractivity contribution in [1.29, 1.82) is 0 Å². The third kappa shape index (κ3) is 5.11. The molecule has 0 saturated carbocycles. The average Bonchev–Trinajstić information content (AvgIpc) is 3.06. The second-order valence-corrected chi connectivity index (χ2v) is 7.83. The minimum absolute atomic E-state index is 0.0498. The van der Waals surface area contributed by atoms with E-state index in [9.17, 15) is 4.79 Å². The van der Waals surface area contributed by atoms with E-state index >= 15 is 0 Å². The molecule has 0 spiro atoms. The maximum atomic E-state index is 12.1. The topological polar surface area (TPSA) is 50.2 Å². The number of aryl methyl sites for hydroxylation is 1. The second kappa shape index (κ2) is 9.24. The van der Waals surface area contributed by atoms with Crippen molar-refractivity contribution in [2.75, 3.05) is 18.8 Å². The van der Waals surface area contributed by atoms with Gasteiger partial charge in [0.15, 0.2) is 0 Å². The zero-order chi connectivity index (χ0) is 18.4. The Morgan fingerprint density at radius 3 is 2.96 bits per heavy atom. The van der Waals surface area contributed by atoms with Crippen molar-refractivity contribution >= 4 is 17.7 Å². The highest BCUT2D eigenvalue weighted by Gasteiger charge is 2.18. The fraction of sp³-hybridized carbons (Fsp3) is 0.500. The van der Waals surface area contributed by atoms with Gasteiger partial charge in [0.1, 0.15) is 0 Å². The molecular formula is C20H28N4OS. The lowest BCUT2D eigenvalue weighted by atomic mass is 10.2. The zero-order valence-corrected chi connectivity index (χ0v) is 16.5. The number of nitrogens with one attached hydrogen (secondary N) is 1. The fourth-order valence-electron chi connectivity index (χ4n) is 3.14. The molecule has 0 aliphatic carbocycles. The summed E-state index contributed by atoms with van der Waals surface area (Å²) in [4.78, 5) is 15.8. The summed E-state index contributed by atoms with van der Waals surface area (Å²) < 4.78 is 2.09. The lowest BCUT2D eigenvalue weighted by Crippen LogP contribution is -2.34. The molecule has 1 N–H and O–H groups in total. The van der Waals surface area contributed by atoms with Gasteiger partial charge in [-0.1, -0.05) is 31.5 Å². The van der Waals surface area contributed by atoms with E-state index in [1.807, 2.05) is 12.1 Å². The molecule has 0 radical (unpaired) electrons. The van der Waals surface area contributed by atoms with Crippen molar-refractivity contribution in [1.82, 2.24) is 20.0 Å². The molecule has 1 aromatic heterocycles. The minimum atomic E-state index is 0.0498. The summed E-state index contributed by atoms with van der Waals surface area (Å²) in [6.07, 6.45) is 2.48. The monoisotopic (exact) mass is 372 g/mol. The van der Waals surface area contributed by atoms with Crippen LogP contribution in [0.25, 0.3) is 0 Å². The number of benzene rings is 1. The highest BCUT2D eigenvalue weighted by Crippen LogP contribution is 2.21. The normalized spacial score (nSPS) is 14.2. The number of nitrogens with zero attached hydrogens (tertiary/aromatic N) is 3. The van der Waals surface area contributed by atoms with Gasteiger partial charge in [0.05, 0.1) is 30.2 Å². The van der Waals surface area contributed by atoms with Crippen molar-refractivity contribution < 1.29 is 4.79 Å². The van der Waals surface area contributed by atoms with E-state index in [1.54, 1.807) is 11.8 Å². The molecule has 2 heterocycles. The number of aromatic nitrogens is 2. The molecule has 1 aliphatic heterocycles. The predicted octanol–water partition coefficient (Wildman–Crippen LogP) is 3.22. The first-order valence-corrected chi connectivity index (χ1v) is 10.4. The van der Waals surface area contributed by atoms with Crippen LogP contribution in [0.2, 0.25) is 0 Å². The highest BCUT2D eigenvalue weighted by molar-refractivity contribution is 8.00. The Bertz CT molecular complexity index is 743. The van der Waals surface area contributed by atoms with Gasteiger partial charge < -0.3 is 5.32 Å². The Balaban J connectivity index is 1.46. The van der Waals surface area contributed by atoms with E-state index in [0.717, 1.165) is 36.8 Å². The summed E-state index contributed by atoms with van der Waals surface area (Å²) in [5.41, 5.74) is 3.41. The van der Waals surface area contributed by atoms with E-state index in [0.29, 0.717) is 12.3 Å². The first-order valence-electron chi connectivity index (χ1n) is 9.39. The van der Waals surface area contributed by atoms with Gasteiger partial charge in [-0.2, -0.15) is 5.10 Å². The van der Waals surface area contributed by atoms with Crippen LogP contribution in [0.15, 0.2) is 35.2 Å². The average molecular weight is 373 g/mol. The maximum Gasteiger partial charge on any atom is 0.230 e. The summed E-state index contributed by atoms with van der Waals surface area (Å²) in [7, 11) is 0. The molecule has 0 unspecified atom stereocenters. The fourth-order valence-corrected chi connectivity index (χ4v) is 4.00. The van der Waals surface area contributed by atoms with Gasteiger partial charge in [0.25, 0.3) is 0 Å². The quantitative estimate of drug-likeness (QED) is 0.723. The standard InChI is InChI=1S/C20H28N4OS/c1-3-4-9-23-10-11-24-18(14-23)12-17(22-24)13-21-20(25)15-26-19-8-6-5-7-16(19)2/h5-8,12H,3-4,9-11,13-15H2,1-2H3,(H,21,25). The molecule has 5 nitrogen and oxygen atoms in total. The minimum Gasteiger partial charge on any atom is -0.350 e. The smallest absolute Gasteiger partial charge is 0.230 e. The van der Waals surface area contributed by atoms with Crippen LogP contribution in [0.5, 0.6) is 0 Å². The van der Waals surface area contributed by atoms with Gasteiger partial charge >= 0.3 is 0 Å². The van der Waals surface area contributed by atoms with E-state index in [-0.39, 0.29) is 5.91 Å². The first-order chi connectivity index (χ1) is 12.7. The van der Waals surface area contributed by atoms with Gasteiger partial charge in [-0.25, -0.2) is 0 Å². The summed E-state index contributed by atoms with van der Waals surface area (Å²) in [5.74, 6) is 0.484. The van der Waals surface area contributed by atoms with Crippen LogP contribution in [0, 0.1) is 6.92 Å². The molecule has 0 saturated heterocycles. The Morgan fingerprint density at radius 2 is 2.15 bits per heavy atom. The molecule has 26 heavy (non-hydrogen) atoms. The van der Waals surface area contributed by atoms with Crippen LogP contribution in [0.4, 0.5) is 0 Å². The van der Waals surface area contributed by atoms with Crippen molar-refractivity contribution in [3.05, 3.63) is 47.3 Å². The molecule has 2 aromatic rings. The largest absolute Gasteiger partial charge is 0.350 e. The molecule has 140 valence electrons. The number of carbonyl (C=O) groups excluding carboxylic acids is 1. The number of thioether (sulfide) groups is 1. The molecule has 0 atom stereocenters. The molecule has 1 aliphatic rings. The van der Waals surface area contributed by atoms with Crippen molar-refractivity contribution in [3.63, 3.8) is 0 Å². The summed E-state index contributed by atoms with van der Waals surface area (Å²) in [6, 6.07) is 10.3.